The first-order chi connectivity index (χ1) is 19.5. The van der Waals surface area contributed by atoms with E-state index in [-0.39, 0.29) is 24.4 Å². The summed E-state index contributed by atoms with van der Waals surface area (Å²) in [4.78, 5) is 31.1. The smallest absolute Gasteiger partial charge is 0.272 e. The number of rotatable bonds is 6. The maximum Gasteiger partial charge on any atom is 0.272 e. The van der Waals surface area contributed by atoms with Crippen molar-refractivity contribution in [3.8, 4) is 5.75 Å². The lowest BCUT2D eigenvalue weighted by molar-refractivity contribution is -0.136. The van der Waals surface area contributed by atoms with Crippen molar-refractivity contribution in [1.82, 2.24) is 14.8 Å². The summed E-state index contributed by atoms with van der Waals surface area (Å²) < 4.78 is 7.55. The maximum absolute atomic E-state index is 14.8. The summed E-state index contributed by atoms with van der Waals surface area (Å²) in [6.07, 6.45) is 6.57. The molecule has 40 heavy (non-hydrogen) atoms. The molecule has 1 aliphatic heterocycles. The monoisotopic (exact) mass is 535 g/mol. The van der Waals surface area contributed by atoms with Gasteiger partial charge in [0.05, 0.1) is 13.7 Å². The van der Waals surface area contributed by atoms with Crippen LogP contribution in [0, 0.1) is 6.92 Å². The first-order valence-corrected chi connectivity index (χ1v) is 14.4. The molecule has 1 fully saturated rings. The van der Waals surface area contributed by atoms with Crippen LogP contribution in [0.4, 0.5) is 0 Å². The predicted octanol–water partition coefficient (Wildman–Crippen LogP) is 6.35. The Balaban J connectivity index is 1.54. The Labute approximate surface area is 235 Å². The number of amides is 2. The van der Waals surface area contributed by atoms with Crippen LogP contribution >= 0.6 is 0 Å². The highest BCUT2D eigenvalue weighted by Gasteiger charge is 2.52. The Morgan fingerprint density at radius 2 is 1.73 bits per heavy atom. The minimum absolute atomic E-state index is 0.106. The van der Waals surface area contributed by atoms with E-state index < -0.39 is 5.54 Å². The number of hydrogen-bond donors (Lipinski definition) is 1. The van der Waals surface area contributed by atoms with E-state index in [4.69, 9.17) is 4.74 Å². The van der Waals surface area contributed by atoms with Gasteiger partial charge in [-0.3, -0.25) is 9.59 Å². The number of carbonyl (C=O) groups is 2. The van der Waals surface area contributed by atoms with Crippen molar-refractivity contribution >= 4 is 22.7 Å². The normalized spacial score (nSPS) is 19.8. The highest BCUT2D eigenvalue weighted by Crippen LogP contribution is 2.41. The van der Waals surface area contributed by atoms with Crippen molar-refractivity contribution in [2.75, 3.05) is 7.11 Å². The molecule has 1 N–H and O–H groups in total. The zero-order chi connectivity index (χ0) is 27.7. The van der Waals surface area contributed by atoms with Crippen molar-refractivity contribution in [1.29, 1.82) is 0 Å². The van der Waals surface area contributed by atoms with Gasteiger partial charge in [0, 0.05) is 23.5 Å². The number of aryl methyl sites for hydroxylation is 1. The molecule has 1 aromatic heterocycles. The molecule has 4 aromatic rings. The fourth-order valence-electron chi connectivity index (χ4n) is 6.51. The molecule has 6 nitrogen and oxygen atoms in total. The van der Waals surface area contributed by atoms with Crippen LogP contribution in [0.25, 0.3) is 10.9 Å². The Morgan fingerprint density at radius 3 is 2.48 bits per heavy atom. The summed E-state index contributed by atoms with van der Waals surface area (Å²) in [6, 6.07) is 25.9. The summed E-state index contributed by atoms with van der Waals surface area (Å²) >= 11 is 0. The minimum Gasteiger partial charge on any atom is -0.497 e. The van der Waals surface area contributed by atoms with Crippen LogP contribution in [0.2, 0.25) is 0 Å². The molecule has 1 saturated carbocycles. The second-order valence-corrected chi connectivity index (χ2v) is 11.3. The predicted molar refractivity (Wildman–Crippen MR) is 157 cm³/mol. The lowest BCUT2D eigenvalue weighted by atomic mass is 9.83. The van der Waals surface area contributed by atoms with E-state index in [1.165, 1.54) is 12.8 Å². The molecule has 0 bridgehead atoms. The van der Waals surface area contributed by atoms with Crippen molar-refractivity contribution in [3.05, 3.63) is 101 Å². The summed E-state index contributed by atoms with van der Waals surface area (Å²) in [5.41, 5.74) is 3.21. The Kier molecular flexibility index (Phi) is 7.09. The number of nitrogens with zero attached hydrogens (tertiary/aromatic N) is 2. The molecule has 0 saturated heterocycles. The molecule has 6 heteroatoms. The largest absolute Gasteiger partial charge is 0.497 e. The van der Waals surface area contributed by atoms with Crippen LogP contribution in [-0.2, 0) is 23.4 Å². The van der Waals surface area contributed by atoms with Crippen molar-refractivity contribution in [2.45, 2.75) is 70.1 Å². The van der Waals surface area contributed by atoms with Crippen LogP contribution < -0.4 is 10.1 Å². The van der Waals surface area contributed by atoms with Crippen LogP contribution in [0.15, 0.2) is 78.9 Å². The van der Waals surface area contributed by atoms with E-state index in [2.05, 4.69) is 35.0 Å². The number of ether oxygens (including phenoxy) is 1. The van der Waals surface area contributed by atoms with Gasteiger partial charge in [-0.2, -0.15) is 0 Å². The number of hydrogen-bond acceptors (Lipinski definition) is 3. The van der Waals surface area contributed by atoms with Gasteiger partial charge < -0.3 is 19.5 Å². The van der Waals surface area contributed by atoms with Crippen LogP contribution in [0.1, 0.15) is 65.7 Å². The number of methoxy groups -OCH3 is 1. The van der Waals surface area contributed by atoms with Gasteiger partial charge in [-0.05, 0) is 60.7 Å². The summed E-state index contributed by atoms with van der Waals surface area (Å²) in [6.45, 7) is 2.68. The Morgan fingerprint density at radius 1 is 0.950 bits per heavy atom. The van der Waals surface area contributed by atoms with Crippen molar-refractivity contribution in [2.24, 2.45) is 0 Å². The van der Waals surface area contributed by atoms with Crippen LogP contribution in [0.5, 0.6) is 5.75 Å². The van der Waals surface area contributed by atoms with Crippen molar-refractivity contribution < 1.29 is 14.3 Å². The van der Waals surface area contributed by atoms with Gasteiger partial charge in [0.1, 0.15) is 11.4 Å². The quantitative estimate of drug-likeness (QED) is 0.293. The number of fused-ring (bicyclic) bond motifs is 3. The van der Waals surface area contributed by atoms with Crippen molar-refractivity contribution in [3.63, 3.8) is 0 Å². The first kappa shape index (κ1) is 26.2. The molecule has 2 aliphatic rings. The Hall–Kier alpha value is -4.06. The molecule has 2 amide bonds. The SMILES string of the molecule is COc1cccc(CN2C(=O)c3cc4ccc(C)cc4n3C[C@]2(C(=O)NC2CCCCCC2)c2ccccc2)c1. The molecular formula is C34H37N3O3. The molecule has 206 valence electrons. The summed E-state index contributed by atoms with van der Waals surface area (Å²) in [5, 5.41) is 4.44. The fourth-order valence-corrected chi connectivity index (χ4v) is 6.51. The van der Waals surface area contributed by atoms with E-state index in [9.17, 15) is 9.59 Å². The second kappa shape index (κ2) is 10.8. The third-order valence-corrected chi connectivity index (χ3v) is 8.66. The van der Waals surface area contributed by atoms with Gasteiger partial charge in [-0.15, -0.1) is 0 Å². The van der Waals surface area contributed by atoms with Gasteiger partial charge in [0.2, 0.25) is 0 Å². The number of benzene rings is 3. The maximum atomic E-state index is 14.8. The minimum atomic E-state index is -1.23. The molecule has 0 unspecified atom stereocenters. The third kappa shape index (κ3) is 4.66. The lowest BCUT2D eigenvalue weighted by Gasteiger charge is -2.47. The van der Waals surface area contributed by atoms with E-state index >= 15 is 0 Å². The summed E-state index contributed by atoms with van der Waals surface area (Å²) in [5.74, 6) is 0.463. The van der Waals surface area contributed by atoms with E-state index in [0.29, 0.717) is 12.2 Å². The molecule has 2 heterocycles. The molecule has 3 aromatic carbocycles. The molecular weight excluding hydrogens is 498 g/mol. The number of aromatic nitrogens is 1. The van der Waals surface area contributed by atoms with Crippen LogP contribution in [0.3, 0.4) is 0 Å². The van der Waals surface area contributed by atoms with Gasteiger partial charge >= 0.3 is 0 Å². The Bertz CT molecular complexity index is 1530. The molecule has 0 radical (unpaired) electrons. The topological polar surface area (TPSA) is 63.6 Å². The molecule has 1 aliphatic carbocycles. The van der Waals surface area contributed by atoms with Gasteiger partial charge in [0.15, 0.2) is 5.54 Å². The standard InChI is InChI=1S/C34H37N3O3/c1-24-17-18-26-21-31-32(38)37(22-25-11-10-16-29(20-25)40-2)34(23-36(31)30(26)19-24,27-12-6-5-7-13-27)33(39)35-28-14-8-3-4-9-15-28/h5-7,10-13,16-21,28H,3-4,8-9,14-15,22-23H2,1-2H3,(H,35,39)/t34-/m1/s1. The average molecular weight is 536 g/mol. The number of nitrogens with one attached hydrogen (secondary N) is 1. The average Bonchev–Trinajstić information content (AvgIpc) is 3.13. The zero-order valence-electron chi connectivity index (χ0n) is 23.4. The third-order valence-electron chi connectivity index (χ3n) is 8.66. The lowest BCUT2D eigenvalue weighted by Crippen LogP contribution is -2.63. The number of carbonyl (C=O) groups excluding carboxylic acids is 2. The van der Waals surface area contributed by atoms with E-state index in [0.717, 1.165) is 59.0 Å². The highest BCUT2D eigenvalue weighted by atomic mass is 16.5. The molecule has 1 atom stereocenters. The highest BCUT2D eigenvalue weighted by molar-refractivity contribution is 6.04. The van der Waals surface area contributed by atoms with Gasteiger partial charge in [-0.25, -0.2) is 0 Å². The van der Waals surface area contributed by atoms with Crippen LogP contribution in [-0.4, -0.2) is 34.4 Å². The van der Waals surface area contributed by atoms with E-state index in [1.807, 2.05) is 60.7 Å². The van der Waals surface area contributed by atoms with E-state index in [1.54, 1.807) is 12.0 Å². The van der Waals surface area contributed by atoms with Gasteiger partial charge in [0.25, 0.3) is 11.8 Å². The molecule has 6 rings (SSSR count). The molecule has 0 spiro atoms. The zero-order valence-corrected chi connectivity index (χ0v) is 23.4. The summed E-state index contributed by atoms with van der Waals surface area (Å²) in [7, 11) is 1.64. The van der Waals surface area contributed by atoms with Gasteiger partial charge in [-0.1, -0.05) is 80.3 Å². The second-order valence-electron chi connectivity index (χ2n) is 11.3. The fraction of sp³-hybridized carbons (Fsp3) is 0.353. The first-order valence-electron chi connectivity index (χ1n) is 14.4.